The van der Waals surface area contributed by atoms with E-state index < -0.39 is 0 Å². The van der Waals surface area contributed by atoms with Crippen LogP contribution in [0.2, 0.25) is 0 Å². The van der Waals surface area contributed by atoms with Crippen molar-refractivity contribution in [2.45, 2.75) is 0 Å². The number of rotatable bonds is 3. The highest BCUT2D eigenvalue weighted by Gasteiger charge is 1.96. The summed E-state index contributed by atoms with van der Waals surface area (Å²) in [6.45, 7) is 0. The van der Waals surface area contributed by atoms with Crippen molar-refractivity contribution in [1.29, 1.82) is 0 Å². The SMILES string of the molecule is COc1ccc(Nc2cnoc2)cc1. The van der Waals surface area contributed by atoms with Gasteiger partial charge in [-0.2, -0.15) is 0 Å². The molecule has 0 bridgehead atoms. The van der Waals surface area contributed by atoms with Crippen LogP contribution in [-0.4, -0.2) is 12.3 Å². The Labute approximate surface area is 81.5 Å². The Morgan fingerprint density at radius 1 is 1.21 bits per heavy atom. The van der Waals surface area contributed by atoms with Gasteiger partial charge in [0, 0.05) is 5.69 Å². The minimum absolute atomic E-state index is 0.829. The zero-order valence-corrected chi connectivity index (χ0v) is 7.73. The second-order valence-electron chi connectivity index (χ2n) is 2.77. The summed E-state index contributed by atoms with van der Waals surface area (Å²) in [6, 6.07) is 7.61. The van der Waals surface area contributed by atoms with Crippen LogP contribution in [0, 0.1) is 0 Å². The van der Waals surface area contributed by atoms with E-state index in [-0.39, 0.29) is 0 Å². The fourth-order valence-electron chi connectivity index (χ4n) is 1.11. The largest absolute Gasteiger partial charge is 0.497 e. The maximum Gasteiger partial charge on any atom is 0.147 e. The molecule has 0 aliphatic carbocycles. The van der Waals surface area contributed by atoms with Crippen molar-refractivity contribution < 1.29 is 9.26 Å². The van der Waals surface area contributed by atoms with Gasteiger partial charge in [-0.15, -0.1) is 0 Å². The number of nitrogens with one attached hydrogen (secondary N) is 1. The van der Waals surface area contributed by atoms with Gasteiger partial charge < -0.3 is 14.6 Å². The van der Waals surface area contributed by atoms with E-state index >= 15 is 0 Å². The Morgan fingerprint density at radius 3 is 2.57 bits per heavy atom. The molecule has 0 radical (unpaired) electrons. The Balaban J connectivity index is 2.10. The number of benzene rings is 1. The summed E-state index contributed by atoms with van der Waals surface area (Å²) < 4.78 is 9.74. The standard InChI is InChI=1S/C10H10N2O2/c1-13-10-4-2-8(3-5-10)12-9-6-11-14-7-9/h2-7,12H,1H3. The van der Waals surface area contributed by atoms with Gasteiger partial charge in [0.05, 0.1) is 19.0 Å². The van der Waals surface area contributed by atoms with Crippen molar-refractivity contribution in [3.63, 3.8) is 0 Å². The monoisotopic (exact) mass is 190 g/mol. The average Bonchev–Trinajstić information content (AvgIpc) is 2.72. The number of methoxy groups -OCH3 is 1. The lowest BCUT2D eigenvalue weighted by molar-refractivity contribution is 0.415. The van der Waals surface area contributed by atoms with Crippen LogP contribution in [0.1, 0.15) is 0 Å². The molecule has 0 unspecified atom stereocenters. The summed E-state index contributed by atoms with van der Waals surface area (Å²) in [7, 11) is 1.64. The van der Waals surface area contributed by atoms with Gasteiger partial charge >= 0.3 is 0 Å². The quantitative estimate of drug-likeness (QED) is 0.807. The third-order valence-corrected chi connectivity index (χ3v) is 1.81. The molecule has 0 amide bonds. The predicted octanol–water partition coefficient (Wildman–Crippen LogP) is 2.43. The molecule has 1 aromatic heterocycles. The van der Waals surface area contributed by atoms with Crippen LogP contribution in [0.3, 0.4) is 0 Å². The molecule has 0 atom stereocenters. The number of anilines is 2. The van der Waals surface area contributed by atoms with Gasteiger partial charge in [0.25, 0.3) is 0 Å². The fraction of sp³-hybridized carbons (Fsp3) is 0.100. The second-order valence-corrected chi connectivity index (χ2v) is 2.77. The zero-order valence-electron chi connectivity index (χ0n) is 7.73. The molecule has 1 aromatic carbocycles. The number of nitrogens with zero attached hydrogens (tertiary/aromatic N) is 1. The summed E-state index contributed by atoms with van der Waals surface area (Å²) in [5, 5.41) is 6.71. The normalized spacial score (nSPS) is 9.79. The molecule has 72 valence electrons. The van der Waals surface area contributed by atoms with E-state index in [2.05, 4.69) is 10.5 Å². The number of hydrogen-bond acceptors (Lipinski definition) is 4. The van der Waals surface area contributed by atoms with Crippen molar-refractivity contribution in [2.24, 2.45) is 0 Å². The van der Waals surface area contributed by atoms with Crippen molar-refractivity contribution in [3.05, 3.63) is 36.7 Å². The van der Waals surface area contributed by atoms with Gasteiger partial charge in [-0.3, -0.25) is 0 Å². The number of aromatic nitrogens is 1. The maximum atomic E-state index is 5.05. The Morgan fingerprint density at radius 2 is 2.00 bits per heavy atom. The molecular formula is C10H10N2O2. The Bertz CT molecular complexity index is 381. The van der Waals surface area contributed by atoms with Crippen LogP contribution in [-0.2, 0) is 0 Å². The van der Waals surface area contributed by atoms with Gasteiger partial charge in [0.2, 0.25) is 0 Å². The van der Waals surface area contributed by atoms with Gasteiger partial charge in [0.15, 0.2) is 0 Å². The van der Waals surface area contributed by atoms with Crippen LogP contribution < -0.4 is 10.1 Å². The van der Waals surface area contributed by atoms with Crippen LogP contribution >= 0.6 is 0 Å². The van der Waals surface area contributed by atoms with E-state index in [1.165, 1.54) is 0 Å². The maximum absolute atomic E-state index is 5.05. The van der Waals surface area contributed by atoms with Crippen molar-refractivity contribution in [3.8, 4) is 5.75 Å². The highest BCUT2D eigenvalue weighted by Crippen LogP contribution is 2.18. The van der Waals surface area contributed by atoms with Gasteiger partial charge in [-0.1, -0.05) is 5.16 Å². The number of ether oxygens (including phenoxy) is 1. The molecule has 0 aliphatic rings. The Hall–Kier alpha value is -1.97. The summed E-state index contributed by atoms with van der Waals surface area (Å²) >= 11 is 0. The van der Waals surface area contributed by atoms with Gasteiger partial charge in [-0.05, 0) is 24.3 Å². The summed E-state index contributed by atoms with van der Waals surface area (Å²) in [5.74, 6) is 0.834. The lowest BCUT2D eigenvalue weighted by atomic mass is 10.3. The lowest BCUT2D eigenvalue weighted by Crippen LogP contribution is -1.88. The molecule has 0 spiro atoms. The molecule has 4 nitrogen and oxygen atoms in total. The average molecular weight is 190 g/mol. The van der Waals surface area contributed by atoms with Gasteiger partial charge in [0.1, 0.15) is 12.0 Å². The zero-order chi connectivity index (χ0) is 9.80. The van der Waals surface area contributed by atoms with E-state index in [0.717, 1.165) is 17.1 Å². The van der Waals surface area contributed by atoms with E-state index in [9.17, 15) is 0 Å². The minimum atomic E-state index is 0.829. The fourth-order valence-corrected chi connectivity index (χ4v) is 1.11. The van der Waals surface area contributed by atoms with Crippen molar-refractivity contribution >= 4 is 11.4 Å². The highest BCUT2D eigenvalue weighted by atomic mass is 16.5. The molecule has 0 aliphatic heterocycles. The molecule has 0 saturated carbocycles. The first-order chi connectivity index (χ1) is 6.88. The molecule has 0 fully saturated rings. The topological polar surface area (TPSA) is 47.3 Å². The summed E-state index contributed by atoms with van der Waals surface area (Å²) in [6.07, 6.45) is 3.16. The van der Waals surface area contributed by atoms with E-state index in [4.69, 9.17) is 9.26 Å². The van der Waals surface area contributed by atoms with E-state index in [1.54, 1.807) is 19.6 Å². The van der Waals surface area contributed by atoms with Crippen molar-refractivity contribution in [1.82, 2.24) is 5.16 Å². The van der Waals surface area contributed by atoms with E-state index in [0.29, 0.717) is 0 Å². The van der Waals surface area contributed by atoms with Crippen LogP contribution in [0.25, 0.3) is 0 Å². The first-order valence-corrected chi connectivity index (χ1v) is 4.19. The third kappa shape index (κ3) is 1.85. The predicted molar refractivity (Wildman–Crippen MR) is 52.8 cm³/mol. The highest BCUT2D eigenvalue weighted by molar-refractivity contribution is 5.58. The lowest BCUT2D eigenvalue weighted by Gasteiger charge is -2.03. The smallest absolute Gasteiger partial charge is 0.147 e. The summed E-state index contributed by atoms with van der Waals surface area (Å²) in [5.41, 5.74) is 1.80. The molecular weight excluding hydrogens is 180 g/mol. The third-order valence-electron chi connectivity index (χ3n) is 1.81. The van der Waals surface area contributed by atoms with E-state index in [1.807, 2.05) is 24.3 Å². The van der Waals surface area contributed by atoms with Crippen LogP contribution in [0.4, 0.5) is 11.4 Å². The molecule has 1 heterocycles. The first kappa shape index (κ1) is 8.62. The van der Waals surface area contributed by atoms with Crippen LogP contribution in [0.5, 0.6) is 5.75 Å². The Kier molecular flexibility index (Phi) is 2.36. The van der Waals surface area contributed by atoms with Gasteiger partial charge in [-0.25, -0.2) is 0 Å². The molecule has 0 saturated heterocycles. The number of hydrogen-bond donors (Lipinski definition) is 1. The summed E-state index contributed by atoms with van der Waals surface area (Å²) in [4.78, 5) is 0. The minimum Gasteiger partial charge on any atom is -0.497 e. The first-order valence-electron chi connectivity index (χ1n) is 4.19. The second kappa shape index (κ2) is 3.83. The van der Waals surface area contributed by atoms with Crippen LogP contribution in [0.15, 0.2) is 41.2 Å². The molecule has 1 N–H and O–H groups in total. The molecule has 14 heavy (non-hydrogen) atoms. The molecule has 4 heteroatoms. The van der Waals surface area contributed by atoms with Crippen molar-refractivity contribution in [2.75, 3.05) is 12.4 Å². The molecule has 2 aromatic rings. The molecule has 2 rings (SSSR count).